The minimum Gasteiger partial charge on any atom is -0.381 e. The molecule has 2 aliphatic rings. The summed E-state index contributed by atoms with van der Waals surface area (Å²) >= 11 is 2.42. The number of ether oxygens (including phenoxy) is 2. The van der Waals surface area contributed by atoms with Gasteiger partial charge in [0.1, 0.15) is 0 Å². The normalized spacial score (nSPS) is 45.7. The van der Waals surface area contributed by atoms with Crippen LogP contribution < -0.4 is 0 Å². The van der Waals surface area contributed by atoms with E-state index in [1.807, 2.05) is 0 Å². The van der Waals surface area contributed by atoms with Gasteiger partial charge >= 0.3 is 0 Å². The Morgan fingerprint density at radius 1 is 1.46 bits per heavy atom. The maximum absolute atomic E-state index is 6.09. The SMILES string of the molecule is CC1(CI)CCC(C2CCOC2)O1. The van der Waals surface area contributed by atoms with E-state index in [0.29, 0.717) is 12.0 Å². The largest absolute Gasteiger partial charge is 0.381 e. The highest BCUT2D eigenvalue weighted by atomic mass is 127. The minimum absolute atomic E-state index is 0.147. The molecule has 3 heteroatoms. The highest BCUT2D eigenvalue weighted by Gasteiger charge is 2.39. The van der Waals surface area contributed by atoms with Crippen LogP contribution in [0.15, 0.2) is 0 Å². The standard InChI is InChI=1S/C10H17IO2/c1-10(7-11)4-2-9(13-10)8-3-5-12-6-8/h8-9H,2-7H2,1H3. The van der Waals surface area contributed by atoms with Gasteiger partial charge in [-0.05, 0) is 26.2 Å². The predicted molar refractivity (Wildman–Crippen MR) is 60.3 cm³/mol. The lowest BCUT2D eigenvalue weighted by Crippen LogP contribution is -2.29. The first-order valence-electron chi connectivity index (χ1n) is 5.05. The zero-order valence-electron chi connectivity index (χ0n) is 8.09. The van der Waals surface area contributed by atoms with Crippen LogP contribution in [0.2, 0.25) is 0 Å². The summed E-state index contributed by atoms with van der Waals surface area (Å²) in [6.45, 7) is 4.09. The Bertz CT molecular complexity index is 180. The Balaban J connectivity index is 1.90. The molecule has 2 aliphatic heterocycles. The molecule has 0 aromatic carbocycles. The molecule has 0 radical (unpaired) electrons. The van der Waals surface area contributed by atoms with Crippen LogP contribution in [0.5, 0.6) is 0 Å². The molecule has 0 amide bonds. The van der Waals surface area contributed by atoms with Gasteiger partial charge in [-0.15, -0.1) is 0 Å². The van der Waals surface area contributed by atoms with E-state index < -0.39 is 0 Å². The first kappa shape index (κ1) is 10.2. The molecule has 0 aromatic heterocycles. The van der Waals surface area contributed by atoms with Gasteiger partial charge < -0.3 is 9.47 Å². The van der Waals surface area contributed by atoms with Gasteiger partial charge in [-0.3, -0.25) is 0 Å². The molecule has 0 spiro atoms. The van der Waals surface area contributed by atoms with Crippen molar-refractivity contribution < 1.29 is 9.47 Å². The van der Waals surface area contributed by atoms with Crippen LogP contribution >= 0.6 is 22.6 Å². The summed E-state index contributed by atoms with van der Waals surface area (Å²) in [7, 11) is 0. The Hall–Kier alpha value is 0.650. The topological polar surface area (TPSA) is 18.5 Å². The second-order valence-electron chi connectivity index (χ2n) is 4.40. The minimum atomic E-state index is 0.147. The van der Waals surface area contributed by atoms with Gasteiger partial charge in [0.05, 0.1) is 18.3 Å². The van der Waals surface area contributed by atoms with Crippen molar-refractivity contribution in [3.8, 4) is 0 Å². The Kier molecular flexibility index (Phi) is 3.15. The highest BCUT2D eigenvalue weighted by Crippen LogP contribution is 2.37. The Labute approximate surface area is 93.5 Å². The van der Waals surface area contributed by atoms with E-state index in [4.69, 9.17) is 9.47 Å². The van der Waals surface area contributed by atoms with Gasteiger partial charge in [-0.2, -0.15) is 0 Å². The fourth-order valence-electron chi connectivity index (χ4n) is 2.21. The maximum Gasteiger partial charge on any atom is 0.0748 e. The number of hydrogen-bond donors (Lipinski definition) is 0. The molecule has 2 nitrogen and oxygen atoms in total. The van der Waals surface area contributed by atoms with Crippen molar-refractivity contribution in [2.75, 3.05) is 17.6 Å². The molecule has 0 aliphatic carbocycles. The monoisotopic (exact) mass is 296 g/mol. The first-order valence-corrected chi connectivity index (χ1v) is 6.58. The molecule has 76 valence electrons. The lowest BCUT2D eigenvalue weighted by Gasteiger charge is -2.24. The third kappa shape index (κ3) is 2.18. The van der Waals surface area contributed by atoms with Gasteiger partial charge in [0, 0.05) is 17.0 Å². The molecule has 3 unspecified atom stereocenters. The van der Waals surface area contributed by atoms with Crippen molar-refractivity contribution in [3.63, 3.8) is 0 Å². The van der Waals surface area contributed by atoms with E-state index in [0.717, 1.165) is 17.6 Å². The molecular formula is C10H17IO2. The number of halogens is 1. The van der Waals surface area contributed by atoms with E-state index in [-0.39, 0.29) is 5.60 Å². The molecule has 0 aromatic rings. The van der Waals surface area contributed by atoms with Crippen LogP contribution in [0.1, 0.15) is 26.2 Å². The summed E-state index contributed by atoms with van der Waals surface area (Å²) in [6.07, 6.45) is 4.12. The first-order chi connectivity index (χ1) is 6.23. The summed E-state index contributed by atoms with van der Waals surface area (Å²) in [5.41, 5.74) is 0.147. The van der Waals surface area contributed by atoms with Crippen molar-refractivity contribution in [3.05, 3.63) is 0 Å². The predicted octanol–water partition coefficient (Wildman–Crippen LogP) is 2.40. The molecular weight excluding hydrogens is 279 g/mol. The van der Waals surface area contributed by atoms with E-state index in [2.05, 4.69) is 29.5 Å². The van der Waals surface area contributed by atoms with Crippen LogP contribution in [-0.4, -0.2) is 29.3 Å². The van der Waals surface area contributed by atoms with Crippen LogP contribution in [0.4, 0.5) is 0 Å². The van der Waals surface area contributed by atoms with Crippen molar-refractivity contribution in [2.24, 2.45) is 5.92 Å². The third-order valence-electron chi connectivity index (χ3n) is 3.17. The van der Waals surface area contributed by atoms with Crippen LogP contribution in [-0.2, 0) is 9.47 Å². The van der Waals surface area contributed by atoms with Crippen molar-refractivity contribution in [2.45, 2.75) is 37.9 Å². The molecule has 2 saturated heterocycles. The maximum atomic E-state index is 6.09. The lowest BCUT2D eigenvalue weighted by molar-refractivity contribution is -0.0370. The van der Waals surface area contributed by atoms with Crippen molar-refractivity contribution in [1.29, 1.82) is 0 Å². The molecule has 2 fully saturated rings. The zero-order chi connectivity index (χ0) is 9.31. The number of alkyl halides is 1. The molecule has 3 atom stereocenters. The zero-order valence-corrected chi connectivity index (χ0v) is 10.2. The summed E-state index contributed by atoms with van der Waals surface area (Å²) in [5, 5.41) is 0. The van der Waals surface area contributed by atoms with Gasteiger partial charge in [0.15, 0.2) is 0 Å². The molecule has 0 bridgehead atoms. The van der Waals surface area contributed by atoms with Crippen molar-refractivity contribution >= 4 is 22.6 Å². The summed E-state index contributed by atoms with van der Waals surface area (Å²) in [5.74, 6) is 0.671. The van der Waals surface area contributed by atoms with Gasteiger partial charge in [0.25, 0.3) is 0 Å². The molecule has 2 rings (SSSR count). The smallest absolute Gasteiger partial charge is 0.0748 e. The van der Waals surface area contributed by atoms with E-state index >= 15 is 0 Å². The fraction of sp³-hybridized carbons (Fsp3) is 1.00. The second kappa shape index (κ2) is 4.03. The molecule has 0 saturated carbocycles. The van der Waals surface area contributed by atoms with E-state index in [1.165, 1.54) is 19.3 Å². The fourth-order valence-corrected chi connectivity index (χ4v) is 2.77. The number of rotatable bonds is 2. The lowest BCUT2D eigenvalue weighted by atomic mass is 9.98. The molecule has 0 N–H and O–H groups in total. The van der Waals surface area contributed by atoms with Crippen LogP contribution in [0.3, 0.4) is 0 Å². The van der Waals surface area contributed by atoms with Crippen LogP contribution in [0, 0.1) is 5.92 Å². The number of hydrogen-bond acceptors (Lipinski definition) is 2. The quantitative estimate of drug-likeness (QED) is 0.575. The van der Waals surface area contributed by atoms with E-state index in [9.17, 15) is 0 Å². The average molecular weight is 296 g/mol. The van der Waals surface area contributed by atoms with Gasteiger partial charge in [0.2, 0.25) is 0 Å². The second-order valence-corrected chi connectivity index (χ2v) is 5.16. The summed E-state index contributed by atoms with van der Waals surface area (Å²) < 4.78 is 12.6. The van der Waals surface area contributed by atoms with Gasteiger partial charge in [-0.25, -0.2) is 0 Å². The summed E-state index contributed by atoms with van der Waals surface area (Å²) in [6, 6.07) is 0. The van der Waals surface area contributed by atoms with Crippen molar-refractivity contribution in [1.82, 2.24) is 0 Å². The Morgan fingerprint density at radius 2 is 2.31 bits per heavy atom. The average Bonchev–Trinajstić information content (AvgIpc) is 2.73. The van der Waals surface area contributed by atoms with Gasteiger partial charge in [-0.1, -0.05) is 22.6 Å². The third-order valence-corrected chi connectivity index (χ3v) is 4.78. The summed E-state index contributed by atoms with van der Waals surface area (Å²) in [4.78, 5) is 0. The Morgan fingerprint density at radius 3 is 2.85 bits per heavy atom. The molecule has 2 heterocycles. The molecule has 13 heavy (non-hydrogen) atoms. The van der Waals surface area contributed by atoms with Crippen LogP contribution in [0.25, 0.3) is 0 Å². The highest BCUT2D eigenvalue weighted by molar-refractivity contribution is 14.1. The van der Waals surface area contributed by atoms with E-state index in [1.54, 1.807) is 0 Å².